The van der Waals surface area contributed by atoms with E-state index < -0.39 is 12.3 Å². The lowest BCUT2D eigenvalue weighted by Gasteiger charge is -2.13. The number of nitriles is 1. The van der Waals surface area contributed by atoms with Crippen LogP contribution in [0, 0.1) is 11.3 Å². The van der Waals surface area contributed by atoms with Gasteiger partial charge in [-0.3, -0.25) is 9.80 Å². The van der Waals surface area contributed by atoms with Gasteiger partial charge in [0.1, 0.15) is 5.75 Å². The number of carbonyl (C=O) groups excluding carboxylic acids is 1. The highest BCUT2D eigenvalue weighted by molar-refractivity contribution is 5.90. The number of rotatable bonds is 3. The molecule has 0 unspecified atom stereocenters. The fourth-order valence-electron chi connectivity index (χ4n) is 1.13. The number of amides is 1. The van der Waals surface area contributed by atoms with Gasteiger partial charge in [0.05, 0.1) is 6.54 Å². The largest absolute Gasteiger partial charge is 0.573 e. The van der Waals surface area contributed by atoms with Crippen LogP contribution >= 0.6 is 0 Å². The van der Waals surface area contributed by atoms with Crippen LogP contribution in [0.25, 0.3) is 0 Å². The van der Waals surface area contributed by atoms with E-state index in [4.69, 9.17) is 11.1 Å². The zero-order valence-electron chi connectivity index (χ0n) is 8.94. The molecule has 0 radical (unpaired) electrons. The van der Waals surface area contributed by atoms with Crippen molar-refractivity contribution in [3.63, 3.8) is 0 Å². The van der Waals surface area contributed by atoms with Gasteiger partial charge in [-0.15, -0.1) is 13.2 Å². The Balaban J connectivity index is 2.67. The highest BCUT2D eigenvalue weighted by Crippen LogP contribution is 2.22. The van der Waals surface area contributed by atoms with Gasteiger partial charge in [-0.25, -0.2) is 5.84 Å². The number of hydrazine groups is 1. The summed E-state index contributed by atoms with van der Waals surface area (Å²) in [6.07, 6.45) is -4.75. The molecule has 0 spiro atoms. The molecule has 0 bridgehead atoms. The fourth-order valence-corrected chi connectivity index (χ4v) is 1.13. The molecule has 1 aromatic carbocycles. The summed E-state index contributed by atoms with van der Waals surface area (Å²) in [5.74, 6) is 3.94. The zero-order chi connectivity index (χ0) is 13.8. The molecule has 1 amide bonds. The molecule has 18 heavy (non-hydrogen) atoms. The predicted molar refractivity (Wildman–Crippen MR) is 53.5 cm³/mol. The number of alkyl halides is 3. The van der Waals surface area contributed by atoms with Crippen molar-refractivity contribution < 1.29 is 22.7 Å². The van der Waals surface area contributed by atoms with Crippen LogP contribution in [-0.4, -0.2) is 17.3 Å². The minimum atomic E-state index is -4.75. The summed E-state index contributed by atoms with van der Waals surface area (Å²) in [5, 5.41) is 8.94. The lowest BCUT2D eigenvalue weighted by Crippen LogP contribution is -2.35. The molecule has 96 valence electrons. The Hall–Kier alpha value is -2.27. The molecule has 0 saturated carbocycles. The van der Waals surface area contributed by atoms with E-state index in [1.807, 2.05) is 0 Å². The molecule has 0 aromatic heterocycles. The molecule has 0 aliphatic carbocycles. The van der Waals surface area contributed by atoms with Gasteiger partial charge in [-0.2, -0.15) is 5.26 Å². The average Bonchev–Trinajstić information content (AvgIpc) is 2.28. The van der Waals surface area contributed by atoms with Gasteiger partial charge >= 0.3 is 12.3 Å². The number of nitrogens with zero attached hydrogens (tertiary/aromatic N) is 2. The number of benzene rings is 1. The monoisotopic (exact) mass is 259 g/mol. The Morgan fingerprint density at radius 2 is 1.94 bits per heavy atom. The second-order valence-electron chi connectivity index (χ2n) is 3.24. The molecule has 1 aromatic rings. The number of nitrogens with two attached hydrogens (primary N) is 1. The molecule has 0 saturated heterocycles. The molecule has 0 aliphatic rings. The van der Waals surface area contributed by atoms with Crippen molar-refractivity contribution >= 4 is 5.91 Å². The fraction of sp³-hybridized carbons (Fsp3) is 0.200. The second kappa shape index (κ2) is 5.37. The normalized spacial score (nSPS) is 10.6. The Kier molecular flexibility index (Phi) is 4.12. The summed E-state index contributed by atoms with van der Waals surface area (Å²) >= 11 is 0. The van der Waals surface area contributed by atoms with E-state index >= 15 is 0 Å². The lowest BCUT2D eigenvalue weighted by atomic mass is 10.2. The van der Waals surface area contributed by atoms with Crippen LogP contribution in [0.5, 0.6) is 5.75 Å². The minimum absolute atomic E-state index is 0.0846. The van der Waals surface area contributed by atoms with Crippen LogP contribution in [-0.2, 0) is 11.3 Å². The minimum Gasteiger partial charge on any atom is -0.406 e. The quantitative estimate of drug-likeness (QED) is 0.384. The van der Waals surface area contributed by atoms with E-state index in [0.29, 0.717) is 10.6 Å². The summed E-state index contributed by atoms with van der Waals surface area (Å²) in [6, 6.07) is 6.12. The van der Waals surface area contributed by atoms with Gasteiger partial charge in [0.15, 0.2) is 6.07 Å². The van der Waals surface area contributed by atoms with Crippen LogP contribution in [0.15, 0.2) is 24.3 Å². The van der Waals surface area contributed by atoms with Gasteiger partial charge in [-0.1, -0.05) is 12.1 Å². The molecular weight excluding hydrogens is 251 g/mol. The molecule has 2 N–H and O–H groups in total. The third-order valence-corrected chi connectivity index (χ3v) is 1.87. The number of halogens is 3. The first kappa shape index (κ1) is 13.8. The maximum atomic E-state index is 11.9. The maximum Gasteiger partial charge on any atom is 0.573 e. The third-order valence-electron chi connectivity index (χ3n) is 1.87. The Morgan fingerprint density at radius 1 is 1.39 bits per heavy atom. The summed E-state index contributed by atoms with van der Waals surface area (Å²) in [6.45, 7) is -0.0846. The summed E-state index contributed by atoms with van der Waals surface area (Å²) in [5.41, 5.74) is 0.468. The first-order chi connectivity index (χ1) is 8.31. The van der Waals surface area contributed by atoms with Crippen molar-refractivity contribution in [2.75, 3.05) is 0 Å². The number of hydrogen-bond donors (Lipinski definition) is 1. The molecule has 0 fully saturated rings. The summed E-state index contributed by atoms with van der Waals surface area (Å²) < 4.78 is 39.3. The topological polar surface area (TPSA) is 79.4 Å². The Labute approximate surface area is 100 Å². The summed E-state index contributed by atoms with van der Waals surface area (Å²) in [4.78, 5) is 10.8. The zero-order valence-corrected chi connectivity index (χ0v) is 8.94. The van der Waals surface area contributed by atoms with Gasteiger partial charge in [-0.05, 0) is 17.7 Å². The molecular formula is C10H8F3N3O2. The van der Waals surface area contributed by atoms with Crippen LogP contribution in [0.3, 0.4) is 0 Å². The highest BCUT2D eigenvalue weighted by atomic mass is 19.4. The van der Waals surface area contributed by atoms with Gasteiger partial charge in [0, 0.05) is 0 Å². The number of carbonyl (C=O) groups is 1. The molecule has 1 rings (SSSR count). The maximum absolute atomic E-state index is 11.9. The smallest absolute Gasteiger partial charge is 0.406 e. The standard InChI is InChI=1S/C10H8F3N3O2/c11-10(12,13)18-8-3-1-7(2-4-8)6-16(15)9(17)5-14/h1-4H,6,15H2. The lowest BCUT2D eigenvalue weighted by molar-refractivity contribution is -0.274. The van der Waals surface area contributed by atoms with Crippen molar-refractivity contribution in [1.82, 2.24) is 5.01 Å². The first-order valence-electron chi connectivity index (χ1n) is 4.63. The third kappa shape index (κ3) is 4.31. The van der Waals surface area contributed by atoms with Crippen LogP contribution in [0.4, 0.5) is 13.2 Å². The van der Waals surface area contributed by atoms with Crippen molar-refractivity contribution in [3.05, 3.63) is 29.8 Å². The van der Waals surface area contributed by atoms with Crippen molar-refractivity contribution in [2.45, 2.75) is 12.9 Å². The molecule has 0 aliphatic heterocycles. The van der Waals surface area contributed by atoms with Gasteiger partial charge < -0.3 is 4.74 Å². The average molecular weight is 259 g/mol. The molecule has 5 nitrogen and oxygen atoms in total. The highest BCUT2D eigenvalue weighted by Gasteiger charge is 2.30. The van der Waals surface area contributed by atoms with Gasteiger partial charge in [0.25, 0.3) is 0 Å². The van der Waals surface area contributed by atoms with E-state index in [1.165, 1.54) is 18.2 Å². The SMILES string of the molecule is N#CC(=O)N(N)Cc1ccc(OC(F)(F)F)cc1. The van der Waals surface area contributed by atoms with E-state index in [0.717, 1.165) is 12.1 Å². The molecule has 0 atom stereocenters. The van der Waals surface area contributed by atoms with Crippen molar-refractivity contribution in [2.24, 2.45) is 5.84 Å². The van der Waals surface area contributed by atoms with Crippen LogP contribution in [0.1, 0.15) is 5.56 Å². The number of hydrogen-bond acceptors (Lipinski definition) is 4. The summed E-state index contributed by atoms with van der Waals surface area (Å²) in [7, 11) is 0. The van der Waals surface area contributed by atoms with Crippen LogP contribution < -0.4 is 10.6 Å². The van der Waals surface area contributed by atoms with E-state index in [-0.39, 0.29) is 12.3 Å². The van der Waals surface area contributed by atoms with Gasteiger partial charge in [0.2, 0.25) is 0 Å². The van der Waals surface area contributed by atoms with E-state index in [9.17, 15) is 18.0 Å². The second-order valence-corrected chi connectivity index (χ2v) is 3.24. The van der Waals surface area contributed by atoms with Crippen LogP contribution in [0.2, 0.25) is 0 Å². The van der Waals surface area contributed by atoms with E-state index in [1.54, 1.807) is 0 Å². The molecule has 8 heteroatoms. The molecule has 0 heterocycles. The first-order valence-corrected chi connectivity index (χ1v) is 4.63. The van der Waals surface area contributed by atoms with Crippen molar-refractivity contribution in [3.8, 4) is 11.8 Å². The predicted octanol–water partition coefficient (Wildman–Crippen LogP) is 1.31. The number of ether oxygens (including phenoxy) is 1. The Morgan fingerprint density at radius 3 is 2.39 bits per heavy atom. The van der Waals surface area contributed by atoms with Crippen molar-refractivity contribution in [1.29, 1.82) is 5.26 Å². The Bertz CT molecular complexity index is 465. The van der Waals surface area contributed by atoms with E-state index in [2.05, 4.69) is 4.74 Å².